The van der Waals surface area contributed by atoms with Crippen molar-refractivity contribution >= 4 is 17.6 Å². The molecule has 0 spiro atoms. The summed E-state index contributed by atoms with van der Waals surface area (Å²) in [5.74, 6) is -1.70. The minimum atomic E-state index is -0.842. The number of rotatable bonds is 5. The van der Waals surface area contributed by atoms with E-state index in [4.69, 9.17) is 0 Å². The summed E-state index contributed by atoms with van der Waals surface area (Å²) in [5.41, 5.74) is 0.556. The Morgan fingerprint density at radius 1 is 1.08 bits per heavy atom. The summed E-state index contributed by atoms with van der Waals surface area (Å²) in [5, 5.41) is 4.74. The van der Waals surface area contributed by atoms with E-state index >= 15 is 0 Å². The molecule has 0 aliphatic carbocycles. The van der Waals surface area contributed by atoms with Crippen molar-refractivity contribution in [2.75, 3.05) is 18.4 Å². The Balaban J connectivity index is 1.49. The zero-order chi connectivity index (χ0) is 18.5. The first kappa shape index (κ1) is 17.8. The average Bonchev–Trinajstić information content (AvgIpc) is 2.97. The Kier molecular flexibility index (Phi) is 5.46. The van der Waals surface area contributed by atoms with E-state index in [2.05, 4.69) is 10.6 Å². The number of carbonyl (C=O) groups excluding carboxylic acids is 2. The van der Waals surface area contributed by atoms with E-state index in [1.807, 2.05) is 30.3 Å². The number of hydrogen-bond donors (Lipinski definition) is 2. The van der Waals surface area contributed by atoms with Crippen LogP contribution in [0.5, 0.6) is 0 Å². The normalized spacial score (nSPS) is 16.6. The van der Waals surface area contributed by atoms with Gasteiger partial charge in [0.1, 0.15) is 17.3 Å². The summed E-state index contributed by atoms with van der Waals surface area (Å²) in [6, 6.07) is 12.3. The third-order valence-electron chi connectivity index (χ3n) is 4.26. The first-order valence-corrected chi connectivity index (χ1v) is 8.33. The lowest BCUT2D eigenvalue weighted by atomic mass is 10.1. The summed E-state index contributed by atoms with van der Waals surface area (Å²) < 4.78 is 27.1. The van der Waals surface area contributed by atoms with Gasteiger partial charge in [0.2, 0.25) is 5.91 Å². The summed E-state index contributed by atoms with van der Waals surface area (Å²) in [7, 11) is 0. The van der Waals surface area contributed by atoms with Crippen LogP contribution < -0.4 is 10.6 Å². The second kappa shape index (κ2) is 7.95. The lowest BCUT2D eigenvalue weighted by Gasteiger charge is -2.17. The number of nitrogens with one attached hydrogen (secondary N) is 2. The third-order valence-corrected chi connectivity index (χ3v) is 4.26. The van der Waals surface area contributed by atoms with Gasteiger partial charge in [0.15, 0.2) is 0 Å². The average molecular weight is 359 g/mol. The van der Waals surface area contributed by atoms with Gasteiger partial charge in [-0.2, -0.15) is 0 Å². The van der Waals surface area contributed by atoms with Crippen LogP contribution in [0.3, 0.4) is 0 Å². The molecule has 1 unspecified atom stereocenters. The molecule has 2 N–H and O–H groups in total. The first-order chi connectivity index (χ1) is 12.5. The van der Waals surface area contributed by atoms with E-state index < -0.39 is 23.4 Å². The van der Waals surface area contributed by atoms with Crippen LogP contribution in [0.25, 0.3) is 0 Å². The highest BCUT2D eigenvalue weighted by Gasteiger charge is 2.29. The standard InChI is InChI=1S/C19H19F2N3O2/c20-15-7-4-8-16(21)18(15)23-19(26)22-10-14-9-17(25)24(12-14)11-13-5-2-1-3-6-13/h1-8,14H,9-12H2,(H2,22,23,26). The molecule has 26 heavy (non-hydrogen) atoms. The maximum Gasteiger partial charge on any atom is 0.319 e. The van der Waals surface area contributed by atoms with Crippen molar-refractivity contribution in [3.8, 4) is 0 Å². The number of benzene rings is 2. The summed E-state index contributed by atoms with van der Waals surface area (Å²) in [4.78, 5) is 25.7. The molecule has 1 atom stereocenters. The number of amides is 3. The summed E-state index contributed by atoms with van der Waals surface area (Å²) >= 11 is 0. The Labute approximate surface area is 150 Å². The predicted molar refractivity (Wildman–Crippen MR) is 93.3 cm³/mol. The number of nitrogens with zero attached hydrogens (tertiary/aromatic N) is 1. The molecule has 5 nitrogen and oxygen atoms in total. The van der Waals surface area contributed by atoms with E-state index in [-0.39, 0.29) is 18.4 Å². The highest BCUT2D eigenvalue weighted by atomic mass is 19.1. The summed E-state index contributed by atoms with van der Waals surface area (Å²) in [6.45, 7) is 1.31. The van der Waals surface area contributed by atoms with Gasteiger partial charge >= 0.3 is 6.03 Å². The monoisotopic (exact) mass is 359 g/mol. The lowest BCUT2D eigenvalue weighted by Crippen LogP contribution is -2.34. The molecule has 2 aromatic rings. The molecular formula is C19H19F2N3O2. The minimum Gasteiger partial charge on any atom is -0.338 e. The fourth-order valence-corrected chi connectivity index (χ4v) is 2.96. The highest BCUT2D eigenvalue weighted by Crippen LogP contribution is 2.20. The molecule has 7 heteroatoms. The highest BCUT2D eigenvalue weighted by molar-refractivity contribution is 5.89. The molecule has 3 amide bonds. The van der Waals surface area contributed by atoms with Gasteiger partial charge in [0.05, 0.1) is 0 Å². The maximum absolute atomic E-state index is 13.5. The van der Waals surface area contributed by atoms with E-state index in [1.54, 1.807) is 4.90 Å². The predicted octanol–water partition coefficient (Wildman–Crippen LogP) is 3.14. The Bertz CT molecular complexity index is 778. The molecule has 0 radical (unpaired) electrons. The van der Waals surface area contributed by atoms with Gasteiger partial charge in [0.25, 0.3) is 0 Å². The van der Waals surface area contributed by atoms with Gasteiger partial charge < -0.3 is 15.5 Å². The fraction of sp³-hybridized carbons (Fsp3) is 0.263. The minimum absolute atomic E-state index is 0.0289. The van der Waals surface area contributed by atoms with E-state index in [0.29, 0.717) is 19.5 Å². The molecular weight excluding hydrogens is 340 g/mol. The molecule has 2 aromatic carbocycles. The Morgan fingerprint density at radius 2 is 1.77 bits per heavy atom. The zero-order valence-electron chi connectivity index (χ0n) is 14.0. The SMILES string of the molecule is O=C(NCC1CC(=O)N(Cc2ccccc2)C1)Nc1c(F)cccc1F. The fourth-order valence-electron chi connectivity index (χ4n) is 2.96. The number of urea groups is 1. The van der Waals surface area contributed by atoms with Crippen molar-refractivity contribution in [1.29, 1.82) is 0 Å². The first-order valence-electron chi connectivity index (χ1n) is 8.33. The number of halogens is 2. The number of hydrogen-bond acceptors (Lipinski definition) is 2. The van der Waals surface area contributed by atoms with Crippen LogP contribution in [0, 0.1) is 17.6 Å². The number of carbonyl (C=O) groups is 2. The van der Waals surface area contributed by atoms with Crippen LogP contribution in [-0.4, -0.2) is 29.9 Å². The second-order valence-electron chi connectivity index (χ2n) is 6.26. The topological polar surface area (TPSA) is 61.4 Å². The number of para-hydroxylation sites is 1. The third kappa shape index (κ3) is 4.36. The number of likely N-dealkylation sites (tertiary alicyclic amines) is 1. The van der Waals surface area contributed by atoms with Gasteiger partial charge in [-0.05, 0) is 17.7 Å². The molecule has 0 bridgehead atoms. The van der Waals surface area contributed by atoms with Crippen LogP contribution >= 0.6 is 0 Å². The van der Waals surface area contributed by atoms with Crippen molar-refractivity contribution in [3.63, 3.8) is 0 Å². The van der Waals surface area contributed by atoms with Crippen molar-refractivity contribution in [2.45, 2.75) is 13.0 Å². The van der Waals surface area contributed by atoms with Crippen molar-refractivity contribution in [2.24, 2.45) is 5.92 Å². The largest absolute Gasteiger partial charge is 0.338 e. The van der Waals surface area contributed by atoms with Crippen LogP contribution in [0.2, 0.25) is 0 Å². The molecule has 3 rings (SSSR count). The summed E-state index contributed by atoms with van der Waals surface area (Å²) in [6.07, 6.45) is 0.334. The van der Waals surface area contributed by atoms with Gasteiger partial charge in [-0.1, -0.05) is 36.4 Å². The number of anilines is 1. The van der Waals surface area contributed by atoms with Crippen molar-refractivity contribution < 1.29 is 18.4 Å². The zero-order valence-corrected chi connectivity index (χ0v) is 14.0. The lowest BCUT2D eigenvalue weighted by molar-refractivity contribution is -0.128. The van der Waals surface area contributed by atoms with Gasteiger partial charge in [0, 0.05) is 32.0 Å². The van der Waals surface area contributed by atoms with Crippen molar-refractivity contribution in [1.82, 2.24) is 10.2 Å². The van der Waals surface area contributed by atoms with Crippen molar-refractivity contribution in [3.05, 3.63) is 65.7 Å². The molecule has 0 saturated carbocycles. The Hall–Kier alpha value is -2.96. The van der Waals surface area contributed by atoms with E-state index in [0.717, 1.165) is 17.7 Å². The molecule has 1 aliphatic rings. The maximum atomic E-state index is 13.5. The molecule has 1 heterocycles. The van der Waals surface area contributed by atoms with Crippen LogP contribution in [-0.2, 0) is 11.3 Å². The quantitative estimate of drug-likeness (QED) is 0.862. The van der Waals surface area contributed by atoms with Gasteiger partial charge in [-0.3, -0.25) is 4.79 Å². The molecule has 1 fully saturated rings. The van der Waals surface area contributed by atoms with E-state index in [1.165, 1.54) is 6.07 Å². The van der Waals surface area contributed by atoms with Crippen LogP contribution in [0.4, 0.5) is 19.3 Å². The smallest absolute Gasteiger partial charge is 0.319 e. The Morgan fingerprint density at radius 3 is 2.46 bits per heavy atom. The van der Waals surface area contributed by atoms with Gasteiger partial charge in [-0.25, -0.2) is 13.6 Å². The molecule has 0 aromatic heterocycles. The van der Waals surface area contributed by atoms with Gasteiger partial charge in [-0.15, -0.1) is 0 Å². The molecule has 1 aliphatic heterocycles. The second-order valence-corrected chi connectivity index (χ2v) is 6.26. The van der Waals surface area contributed by atoms with E-state index in [9.17, 15) is 18.4 Å². The van der Waals surface area contributed by atoms with Crippen LogP contribution in [0.1, 0.15) is 12.0 Å². The van der Waals surface area contributed by atoms with Crippen LogP contribution in [0.15, 0.2) is 48.5 Å². The molecule has 1 saturated heterocycles. The molecule has 136 valence electrons.